The van der Waals surface area contributed by atoms with Crippen molar-refractivity contribution >= 4 is 40.2 Å². The summed E-state index contributed by atoms with van der Waals surface area (Å²) in [7, 11) is 0. The van der Waals surface area contributed by atoms with E-state index < -0.39 is 0 Å². The molecule has 0 spiro atoms. The van der Waals surface area contributed by atoms with Gasteiger partial charge in [-0.25, -0.2) is 0 Å². The zero-order valence-corrected chi connectivity index (χ0v) is 10.4. The lowest BCUT2D eigenvalue weighted by Gasteiger charge is -2.05. The van der Waals surface area contributed by atoms with Crippen molar-refractivity contribution in [2.45, 2.75) is 6.92 Å². The molecule has 0 amide bonds. The highest BCUT2D eigenvalue weighted by molar-refractivity contribution is 7.20. The molecule has 0 bridgehead atoms. The molecule has 0 aliphatic rings. The Balaban J connectivity index is 2.59. The lowest BCUT2D eigenvalue weighted by molar-refractivity contribution is 1.47. The molecule has 0 fully saturated rings. The summed E-state index contributed by atoms with van der Waals surface area (Å²) in [6.45, 7) is 2.01. The van der Waals surface area contributed by atoms with Gasteiger partial charge in [-0.05, 0) is 36.2 Å². The van der Waals surface area contributed by atoms with Crippen LogP contribution in [0.2, 0.25) is 8.67 Å². The predicted octanol–water partition coefficient (Wildman–Crippen LogP) is 4.61. The second-order valence-electron chi connectivity index (χ2n) is 3.31. The highest BCUT2D eigenvalue weighted by atomic mass is 35.5. The van der Waals surface area contributed by atoms with E-state index in [4.69, 9.17) is 28.9 Å². The highest BCUT2D eigenvalue weighted by Crippen LogP contribution is 2.39. The summed E-state index contributed by atoms with van der Waals surface area (Å²) in [5.41, 5.74) is 9.61. The van der Waals surface area contributed by atoms with Crippen LogP contribution in [0, 0.1) is 6.92 Å². The first-order valence-corrected chi connectivity index (χ1v) is 5.96. The van der Waals surface area contributed by atoms with Crippen molar-refractivity contribution in [3.63, 3.8) is 0 Å². The minimum atomic E-state index is 0.700. The lowest BCUT2D eigenvalue weighted by Crippen LogP contribution is -1.87. The fourth-order valence-electron chi connectivity index (χ4n) is 1.51. The summed E-state index contributed by atoms with van der Waals surface area (Å²) < 4.78 is 1.42. The van der Waals surface area contributed by atoms with Crippen molar-refractivity contribution in [1.82, 2.24) is 0 Å². The minimum absolute atomic E-state index is 0.700. The van der Waals surface area contributed by atoms with E-state index in [0.717, 1.165) is 22.4 Å². The van der Waals surface area contributed by atoms with Crippen molar-refractivity contribution in [3.05, 3.63) is 38.5 Å². The maximum absolute atomic E-state index is 6.09. The van der Waals surface area contributed by atoms with Crippen LogP contribution in [0.15, 0.2) is 24.3 Å². The van der Waals surface area contributed by atoms with Crippen LogP contribution in [0.4, 0.5) is 5.69 Å². The van der Waals surface area contributed by atoms with E-state index >= 15 is 0 Å². The quantitative estimate of drug-likeness (QED) is 0.742. The van der Waals surface area contributed by atoms with Gasteiger partial charge < -0.3 is 5.73 Å². The molecule has 15 heavy (non-hydrogen) atoms. The molecule has 0 saturated heterocycles. The van der Waals surface area contributed by atoms with Gasteiger partial charge in [-0.15, -0.1) is 11.3 Å². The number of aryl methyl sites for hydroxylation is 1. The van der Waals surface area contributed by atoms with Crippen LogP contribution in [0.1, 0.15) is 5.56 Å². The maximum Gasteiger partial charge on any atom is 0.102 e. The van der Waals surface area contributed by atoms with Crippen LogP contribution in [0.3, 0.4) is 0 Å². The Hall–Kier alpha value is -0.700. The van der Waals surface area contributed by atoms with E-state index in [2.05, 4.69) is 0 Å². The third kappa shape index (κ3) is 2.12. The van der Waals surface area contributed by atoms with Gasteiger partial charge in [-0.2, -0.15) is 0 Å². The molecule has 0 radical (unpaired) electrons. The summed E-state index contributed by atoms with van der Waals surface area (Å²) >= 11 is 13.4. The molecule has 0 saturated carbocycles. The average molecular weight is 258 g/mol. The Morgan fingerprint density at radius 1 is 1.13 bits per heavy atom. The van der Waals surface area contributed by atoms with E-state index in [0.29, 0.717) is 8.67 Å². The molecule has 0 aliphatic heterocycles. The molecule has 0 unspecified atom stereocenters. The fourth-order valence-corrected chi connectivity index (χ4v) is 3.00. The van der Waals surface area contributed by atoms with Gasteiger partial charge in [0, 0.05) is 11.3 Å². The zero-order chi connectivity index (χ0) is 11.0. The molecule has 4 heteroatoms. The number of benzene rings is 1. The first kappa shape index (κ1) is 10.8. The monoisotopic (exact) mass is 257 g/mol. The molecule has 1 heterocycles. The molecule has 0 aliphatic carbocycles. The number of hydrogen-bond acceptors (Lipinski definition) is 2. The lowest BCUT2D eigenvalue weighted by atomic mass is 10.0. The van der Waals surface area contributed by atoms with Crippen LogP contribution >= 0.6 is 34.5 Å². The van der Waals surface area contributed by atoms with E-state index in [-0.39, 0.29) is 0 Å². The molecule has 1 aromatic carbocycles. The van der Waals surface area contributed by atoms with Crippen LogP contribution in [0.25, 0.3) is 11.1 Å². The van der Waals surface area contributed by atoms with E-state index in [1.165, 1.54) is 11.3 Å². The Morgan fingerprint density at radius 3 is 2.40 bits per heavy atom. The van der Waals surface area contributed by atoms with Crippen LogP contribution in [-0.4, -0.2) is 0 Å². The Bertz CT molecular complexity index is 505. The number of nitrogens with two attached hydrogens (primary N) is 1. The van der Waals surface area contributed by atoms with Crippen molar-refractivity contribution in [3.8, 4) is 11.1 Å². The van der Waals surface area contributed by atoms with Crippen molar-refractivity contribution in [2.75, 3.05) is 5.73 Å². The molecule has 0 atom stereocenters. The third-order valence-electron chi connectivity index (χ3n) is 2.20. The van der Waals surface area contributed by atoms with Gasteiger partial charge in [-0.1, -0.05) is 29.3 Å². The van der Waals surface area contributed by atoms with Crippen LogP contribution < -0.4 is 5.73 Å². The largest absolute Gasteiger partial charge is 0.399 e. The molecular weight excluding hydrogens is 249 g/mol. The first-order chi connectivity index (χ1) is 7.08. The fraction of sp³-hybridized carbons (Fsp3) is 0.0909. The Labute approximate surface area is 102 Å². The topological polar surface area (TPSA) is 26.0 Å². The SMILES string of the molecule is Cc1cc(N)ccc1-c1cc(Cl)sc1Cl. The Kier molecular flexibility index (Phi) is 2.91. The van der Waals surface area contributed by atoms with Gasteiger partial charge in [0.2, 0.25) is 0 Å². The van der Waals surface area contributed by atoms with Gasteiger partial charge >= 0.3 is 0 Å². The summed E-state index contributed by atoms with van der Waals surface area (Å²) in [6, 6.07) is 7.64. The molecular formula is C11H9Cl2NS. The number of thiophene rings is 1. The van der Waals surface area contributed by atoms with E-state index in [1.54, 1.807) is 0 Å². The van der Waals surface area contributed by atoms with Gasteiger partial charge in [0.1, 0.15) is 4.34 Å². The molecule has 1 aromatic heterocycles. The zero-order valence-electron chi connectivity index (χ0n) is 8.05. The second kappa shape index (κ2) is 4.05. The first-order valence-electron chi connectivity index (χ1n) is 4.39. The number of anilines is 1. The summed E-state index contributed by atoms with van der Waals surface area (Å²) in [4.78, 5) is 0. The van der Waals surface area contributed by atoms with Gasteiger partial charge in [0.25, 0.3) is 0 Å². The number of halogens is 2. The number of nitrogen functional groups attached to an aromatic ring is 1. The number of rotatable bonds is 1. The molecule has 2 rings (SSSR count). The van der Waals surface area contributed by atoms with Crippen LogP contribution in [0.5, 0.6) is 0 Å². The maximum atomic E-state index is 6.09. The van der Waals surface area contributed by atoms with Crippen LogP contribution in [-0.2, 0) is 0 Å². The summed E-state index contributed by atoms with van der Waals surface area (Å²) in [6.07, 6.45) is 0. The van der Waals surface area contributed by atoms with E-state index in [9.17, 15) is 0 Å². The highest BCUT2D eigenvalue weighted by Gasteiger charge is 2.10. The standard InChI is InChI=1S/C11H9Cl2NS/c1-6-4-7(14)2-3-8(6)9-5-10(12)15-11(9)13/h2-5H,14H2,1H3. The molecule has 78 valence electrons. The van der Waals surface area contributed by atoms with Gasteiger partial charge in [0.15, 0.2) is 0 Å². The molecule has 2 N–H and O–H groups in total. The minimum Gasteiger partial charge on any atom is -0.399 e. The number of hydrogen-bond donors (Lipinski definition) is 1. The normalized spacial score (nSPS) is 10.6. The summed E-state index contributed by atoms with van der Waals surface area (Å²) in [5, 5.41) is 0. The third-order valence-corrected chi connectivity index (χ3v) is 3.68. The van der Waals surface area contributed by atoms with Gasteiger partial charge in [-0.3, -0.25) is 0 Å². The van der Waals surface area contributed by atoms with Crippen molar-refractivity contribution in [2.24, 2.45) is 0 Å². The van der Waals surface area contributed by atoms with Crippen molar-refractivity contribution in [1.29, 1.82) is 0 Å². The summed E-state index contributed by atoms with van der Waals surface area (Å²) in [5.74, 6) is 0. The predicted molar refractivity (Wildman–Crippen MR) is 68.9 cm³/mol. The van der Waals surface area contributed by atoms with Gasteiger partial charge in [0.05, 0.1) is 4.34 Å². The Morgan fingerprint density at radius 2 is 1.87 bits per heavy atom. The van der Waals surface area contributed by atoms with E-state index in [1.807, 2.05) is 31.2 Å². The second-order valence-corrected chi connectivity index (χ2v) is 5.60. The molecule has 2 aromatic rings. The average Bonchev–Trinajstić information content (AvgIpc) is 2.45. The molecule has 1 nitrogen and oxygen atoms in total. The smallest absolute Gasteiger partial charge is 0.102 e. The van der Waals surface area contributed by atoms with Crippen molar-refractivity contribution < 1.29 is 0 Å².